The molecule has 0 spiro atoms. The molecule has 0 aliphatic carbocycles. The van der Waals surface area contributed by atoms with E-state index in [1.54, 1.807) is 7.05 Å². The summed E-state index contributed by atoms with van der Waals surface area (Å²) in [6.45, 7) is 1.82. The second kappa shape index (κ2) is 3.92. The molecule has 48 valence electrons. The van der Waals surface area contributed by atoms with Gasteiger partial charge in [-0.3, -0.25) is 4.79 Å². The van der Waals surface area contributed by atoms with Crippen LogP contribution in [0.3, 0.4) is 0 Å². The van der Waals surface area contributed by atoms with Gasteiger partial charge in [0.15, 0.2) is 5.78 Å². The van der Waals surface area contributed by atoms with E-state index < -0.39 is 0 Å². The van der Waals surface area contributed by atoms with Gasteiger partial charge < -0.3 is 5.32 Å². The van der Waals surface area contributed by atoms with Gasteiger partial charge in [-0.2, -0.15) is 12.6 Å². The van der Waals surface area contributed by atoms with Crippen LogP contribution in [0.25, 0.3) is 0 Å². The van der Waals surface area contributed by atoms with Gasteiger partial charge in [-0.1, -0.05) is 0 Å². The van der Waals surface area contributed by atoms with E-state index in [1.807, 2.05) is 6.92 Å². The van der Waals surface area contributed by atoms with Crippen molar-refractivity contribution in [3.05, 3.63) is 0 Å². The van der Waals surface area contributed by atoms with Crippen molar-refractivity contribution in [1.29, 1.82) is 0 Å². The largest absolute Gasteiger partial charge is 0.311 e. The van der Waals surface area contributed by atoms with Gasteiger partial charge in [-0.15, -0.1) is 0 Å². The molecule has 1 N–H and O–H groups in total. The van der Waals surface area contributed by atoms with E-state index in [4.69, 9.17) is 0 Å². The van der Waals surface area contributed by atoms with Gasteiger partial charge in [0, 0.05) is 0 Å². The second-order valence-corrected chi connectivity index (χ2v) is 1.95. The van der Waals surface area contributed by atoms with Crippen LogP contribution in [0.5, 0.6) is 0 Å². The molecule has 0 saturated heterocycles. The average Bonchev–Trinajstić information content (AvgIpc) is 1.84. The van der Waals surface area contributed by atoms with Crippen molar-refractivity contribution in [2.24, 2.45) is 0 Å². The van der Waals surface area contributed by atoms with E-state index in [9.17, 15) is 4.79 Å². The van der Waals surface area contributed by atoms with E-state index in [2.05, 4.69) is 17.9 Å². The van der Waals surface area contributed by atoms with Gasteiger partial charge in [0.1, 0.15) is 0 Å². The molecule has 0 saturated carbocycles. The van der Waals surface area contributed by atoms with Crippen molar-refractivity contribution in [1.82, 2.24) is 5.32 Å². The number of rotatable bonds is 3. The Labute approximate surface area is 55.1 Å². The number of likely N-dealkylation sites (N-methyl/N-ethyl adjacent to an activating group) is 1. The van der Waals surface area contributed by atoms with Crippen LogP contribution in [-0.2, 0) is 4.79 Å². The summed E-state index contributed by atoms with van der Waals surface area (Å²) in [4.78, 5) is 10.6. The summed E-state index contributed by atoms with van der Waals surface area (Å²) in [7, 11) is 1.76. The Kier molecular flexibility index (Phi) is 3.91. The van der Waals surface area contributed by atoms with Gasteiger partial charge in [0.25, 0.3) is 0 Å². The van der Waals surface area contributed by atoms with Crippen LogP contribution < -0.4 is 5.32 Å². The molecule has 0 radical (unpaired) electrons. The number of Topliss-reactive ketones (excluding diaryl/α,β-unsaturated/α-hetero) is 1. The average molecular weight is 133 g/mol. The van der Waals surface area contributed by atoms with Crippen LogP contribution in [0.4, 0.5) is 0 Å². The predicted molar refractivity (Wildman–Crippen MR) is 37.4 cm³/mol. The molecular formula is C5H11NOS. The maximum Gasteiger partial charge on any atom is 0.159 e. The predicted octanol–water partition coefficient (Wildman–Crippen LogP) is 0.0932. The van der Waals surface area contributed by atoms with Crippen LogP contribution in [-0.4, -0.2) is 24.6 Å². The van der Waals surface area contributed by atoms with Crippen molar-refractivity contribution in [3.63, 3.8) is 0 Å². The molecule has 0 heterocycles. The lowest BCUT2D eigenvalue weighted by molar-refractivity contribution is -0.118. The number of thiol groups is 1. The number of ketones is 1. The zero-order valence-corrected chi connectivity index (χ0v) is 6.03. The zero-order chi connectivity index (χ0) is 6.57. The minimum Gasteiger partial charge on any atom is -0.311 e. The third-order valence-electron chi connectivity index (χ3n) is 1.07. The quantitative estimate of drug-likeness (QED) is 0.534. The molecule has 0 amide bonds. The van der Waals surface area contributed by atoms with E-state index in [0.29, 0.717) is 5.75 Å². The maximum absolute atomic E-state index is 10.6. The van der Waals surface area contributed by atoms with Crippen molar-refractivity contribution in [3.8, 4) is 0 Å². The van der Waals surface area contributed by atoms with Crippen LogP contribution >= 0.6 is 12.6 Å². The molecule has 0 unspecified atom stereocenters. The first-order valence-electron chi connectivity index (χ1n) is 2.53. The summed E-state index contributed by atoms with van der Waals surface area (Å²) >= 11 is 3.82. The van der Waals surface area contributed by atoms with Crippen molar-refractivity contribution in [2.45, 2.75) is 13.0 Å². The molecular weight excluding hydrogens is 122 g/mol. The minimum atomic E-state index is -0.0486. The van der Waals surface area contributed by atoms with E-state index in [-0.39, 0.29) is 11.8 Å². The molecule has 3 heteroatoms. The number of nitrogens with one attached hydrogen (secondary N) is 1. The zero-order valence-electron chi connectivity index (χ0n) is 5.14. The third-order valence-corrected chi connectivity index (χ3v) is 1.38. The maximum atomic E-state index is 10.6. The summed E-state index contributed by atoms with van der Waals surface area (Å²) in [5, 5.41) is 2.82. The monoisotopic (exact) mass is 133 g/mol. The summed E-state index contributed by atoms with van der Waals surface area (Å²) in [5.41, 5.74) is 0. The molecule has 2 nitrogen and oxygen atoms in total. The number of carbonyl (C=O) groups excluding carboxylic acids is 1. The lowest BCUT2D eigenvalue weighted by Crippen LogP contribution is -2.31. The fourth-order valence-electron chi connectivity index (χ4n) is 0.298. The lowest BCUT2D eigenvalue weighted by atomic mass is 10.2. The van der Waals surface area contributed by atoms with E-state index in [0.717, 1.165) is 0 Å². The number of hydrogen-bond acceptors (Lipinski definition) is 3. The van der Waals surface area contributed by atoms with Gasteiger partial charge >= 0.3 is 0 Å². The smallest absolute Gasteiger partial charge is 0.159 e. The van der Waals surface area contributed by atoms with Crippen molar-refractivity contribution >= 4 is 18.4 Å². The summed E-state index contributed by atoms with van der Waals surface area (Å²) in [6.07, 6.45) is 0. The molecule has 0 aliphatic rings. The van der Waals surface area contributed by atoms with Crippen molar-refractivity contribution < 1.29 is 4.79 Å². The van der Waals surface area contributed by atoms with Gasteiger partial charge in [0.05, 0.1) is 11.8 Å². The fraction of sp³-hybridized carbons (Fsp3) is 0.800. The second-order valence-electron chi connectivity index (χ2n) is 1.63. The molecule has 0 aromatic carbocycles. The first-order valence-corrected chi connectivity index (χ1v) is 3.16. The molecule has 8 heavy (non-hydrogen) atoms. The Bertz CT molecular complexity index is 84.5. The first-order chi connectivity index (χ1) is 3.72. The highest BCUT2D eigenvalue weighted by Gasteiger charge is 2.05. The molecule has 0 aromatic heterocycles. The van der Waals surface area contributed by atoms with E-state index in [1.165, 1.54) is 0 Å². The molecule has 0 aromatic rings. The SMILES string of the molecule is CN[C@@H](C)C(=O)CS. The van der Waals surface area contributed by atoms with Gasteiger partial charge in [-0.05, 0) is 14.0 Å². The first kappa shape index (κ1) is 7.98. The third kappa shape index (κ3) is 2.33. The van der Waals surface area contributed by atoms with Crippen LogP contribution in [0, 0.1) is 0 Å². The standard InChI is InChI=1S/C5H11NOS/c1-4(6-2)5(7)3-8/h4,6,8H,3H2,1-2H3/t4-/m0/s1. The number of carbonyl (C=O) groups is 1. The molecule has 0 rings (SSSR count). The van der Waals surface area contributed by atoms with E-state index >= 15 is 0 Å². The van der Waals surface area contributed by atoms with Crippen molar-refractivity contribution in [2.75, 3.05) is 12.8 Å². The Morgan fingerprint density at radius 3 is 2.50 bits per heavy atom. The number of hydrogen-bond donors (Lipinski definition) is 2. The summed E-state index contributed by atoms with van der Waals surface area (Å²) in [6, 6.07) is -0.0486. The summed E-state index contributed by atoms with van der Waals surface area (Å²) in [5.74, 6) is 0.456. The highest BCUT2D eigenvalue weighted by Crippen LogP contribution is 1.84. The molecule has 0 fully saturated rings. The highest BCUT2D eigenvalue weighted by atomic mass is 32.1. The lowest BCUT2D eigenvalue weighted by Gasteiger charge is -2.04. The van der Waals surface area contributed by atoms with Crippen LogP contribution in [0.1, 0.15) is 6.92 Å². The molecule has 0 aliphatic heterocycles. The molecule has 1 atom stereocenters. The highest BCUT2D eigenvalue weighted by molar-refractivity contribution is 7.81. The minimum absolute atomic E-state index is 0.0486. The fourth-order valence-corrected chi connectivity index (χ4v) is 0.572. The molecule has 0 bridgehead atoms. The normalized spacial score (nSPS) is 13.4. The van der Waals surface area contributed by atoms with Gasteiger partial charge in [0.2, 0.25) is 0 Å². The summed E-state index contributed by atoms with van der Waals surface area (Å²) < 4.78 is 0. The Hall–Kier alpha value is -0.0200. The van der Waals surface area contributed by atoms with Crippen LogP contribution in [0.15, 0.2) is 0 Å². The Morgan fingerprint density at radius 2 is 2.38 bits per heavy atom. The van der Waals surface area contributed by atoms with Crippen LogP contribution in [0.2, 0.25) is 0 Å². The van der Waals surface area contributed by atoms with Gasteiger partial charge in [-0.25, -0.2) is 0 Å². The Morgan fingerprint density at radius 1 is 1.88 bits per heavy atom. The Balaban J connectivity index is 3.46. The topological polar surface area (TPSA) is 29.1 Å².